The van der Waals surface area contributed by atoms with Gasteiger partial charge >= 0.3 is 0 Å². The maximum absolute atomic E-state index is 12.2. The summed E-state index contributed by atoms with van der Waals surface area (Å²) in [6.07, 6.45) is 0. The van der Waals surface area contributed by atoms with Crippen LogP contribution < -0.4 is 4.90 Å². The number of aryl methyl sites for hydroxylation is 2. The summed E-state index contributed by atoms with van der Waals surface area (Å²) in [7, 11) is 0. The van der Waals surface area contributed by atoms with E-state index in [-0.39, 0.29) is 11.8 Å². The van der Waals surface area contributed by atoms with Crippen molar-refractivity contribution in [2.45, 2.75) is 27.7 Å². The first-order valence-electron chi connectivity index (χ1n) is 9.40. The van der Waals surface area contributed by atoms with E-state index in [2.05, 4.69) is 41.2 Å². The Balaban J connectivity index is 1.54. The summed E-state index contributed by atoms with van der Waals surface area (Å²) < 4.78 is 3.08. The number of thiazole rings is 1. The van der Waals surface area contributed by atoms with Crippen molar-refractivity contribution in [1.29, 1.82) is 0 Å². The van der Waals surface area contributed by atoms with Gasteiger partial charge in [0.15, 0.2) is 0 Å². The van der Waals surface area contributed by atoms with E-state index in [9.17, 15) is 4.79 Å². The van der Waals surface area contributed by atoms with E-state index >= 15 is 0 Å². The van der Waals surface area contributed by atoms with Crippen molar-refractivity contribution in [3.63, 3.8) is 0 Å². The van der Waals surface area contributed by atoms with Crippen molar-refractivity contribution in [3.8, 4) is 5.13 Å². The number of anilines is 1. The smallest absolute Gasteiger partial charge is 0.225 e. The average molecular weight is 384 g/mol. The molecule has 0 bridgehead atoms. The number of hydrogen-bond donors (Lipinski definition) is 0. The fourth-order valence-electron chi connectivity index (χ4n) is 3.56. The Labute approximate surface area is 163 Å². The van der Waals surface area contributed by atoms with Crippen molar-refractivity contribution in [1.82, 2.24) is 19.7 Å². The first-order chi connectivity index (χ1) is 12.9. The van der Waals surface area contributed by atoms with E-state index in [0.717, 1.165) is 52.9 Å². The third-order valence-electron chi connectivity index (χ3n) is 5.00. The molecule has 1 aliphatic heterocycles. The Kier molecular flexibility index (Phi) is 4.63. The van der Waals surface area contributed by atoms with Gasteiger partial charge < -0.3 is 9.80 Å². The number of amides is 1. The molecular formula is C20H25N5OS. The lowest BCUT2D eigenvalue weighted by Crippen LogP contribution is -2.49. The molecule has 3 aromatic rings. The number of rotatable bonds is 3. The van der Waals surface area contributed by atoms with E-state index in [1.165, 1.54) is 5.69 Å². The summed E-state index contributed by atoms with van der Waals surface area (Å²) in [5, 5.41) is 5.45. The van der Waals surface area contributed by atoms with Gasteiger partial charge in [-0.2, -0.15) is 5.10 Å². The molecule has 0 unspecified atom stereocenters. The standard InChI is InChI=1S/C20H25N5OS/c1-13(2)19(26)24-9-7-23(8-10-24)16-5-6-17-18(12-16)27-20(21-17)25-15(4)11-14(3)22-25/h5-6,11-13H,7-10H2,1-4H3. The van der Waals surface area contributed by atoms with Crippen molar-refractivity contribution in [3.05, 3.63) is 35.7 Å². The number of carbonyl (C=O) groups excluding carboxylic acids is 1. The summed E-state index contributed by atoms with van der Waals surface area (Å²) in [5.41, 5.74) is 4.29. The van der Waals surface area contributed by atoms with Crippen LogP contribution >= 0.6 is 11.3 Å². The molecule has 1 aliphatic rings. The van der Waals surface area contributed by atoms with Crippen molar-refractivity contribution >= 4 is 33.1 Å². The topological polar surface area (TPSA) is 54.3 Å². The largest absolute Gasteiger partial charge is 0.368 e. The molecule has 0 spiro atoms. The molecule has 1 fully saturated rings. The fraction of sp³-hybridized carbons (Fsp3) is 0.450. The van der Waals surface area contributed by atoms with Crippen LogP contribution in [-0.2, 0) is 4.79 Å². The van der Waals surface area contributed by atoms with Gasteiger partial charge in [0.2, 0.25) is 11.0 Å². The predicted molar refractivity (Wildman–Crippen MR) is 110 cm³/mol. The van der Waals surface area contributed by atoms with Gasteiger partial charge in [0.25, 0.3) is 0 Å². The van der Waals surface area contributed by atoms with Crippen LogP contribution in [0.3, 0.4) is 0 Å². The van der Waals surface area contributed by atoms with Crippen molar-refractivity contribution in [2.75, 3.05) is 31.1 Å². The minimum Gasteiger partial charge on any atom is -0.368 e. The highest BCUT2D eigenvalue weighted by Gasteiger charge is 2.23. The van der Waals surface area contributed by atoms with E-state index in [0.29, 0.717) is 0 Å². The van der Waals surface area contributed by atoms with E-state index in [1.807, 2.05) is 30.4 Å². The summed E-state index contributed by atoms with van der Waals surface area (Å²) >= 11 is 1.66. The molecule has 0 saturated carbocycles. The molecule has 0 aliphatic carbocycles. The zero-order valence-corrected chi connectivity index (χ0v) is 17.1. The van der Waals surface area contributed by atoms with Crippen LogP contribution in [0.15, 0.2) is 24.3 Å². The highest BCUT2D eigenvalue weighted by atomic mass is 32.1. The molecule has 2 aromatic heterocycles. The third kappa shape index (κ3) is 3.43. The molecule has 0 radical (unpaired) electrons. The fourth-order valence-corrected chi connectivity index (χ4v) is 4.57. The first kappa shape index (κ1) is 18.0. The van der Waals surface area contributed by atoms with Crippen LogP contribution in [0.25, 0.3) is 15.3 Å². The lowest BCUT2D eigenvalue weighted by atomic mass is 10.1. The number of piperazine rings is 1. The SMILES string of the molecule is Cc1cc(C)n(-c2nc3ccc(N4CCN(C(=O)C(C)C)CC4)cc3s2)n1. The molecule has 0 N–H and O–H groups in total. The van der Waals surface area contributed by atoms with Gasteiger partial charge in [-0.1, -0.05) is 25.2 Å². The number of benzene rings is 1. The lowest BCUT2D eigenvalue weighted by Gasteiger charge is -2.36. The molecule has 4 rings (SSSR count). The van der Waals surface area contributed by atoms with Gasteiger partial charge in [-0.15, -0.1) is 0 Å². The Morgan fingerprint density at radius 3 is 2.48 bits per heavy atom. The predicted octanol–water partition coefficient (Wildman–Crippen LogP) is 3.40. The number of hydrogen-bond acceptors (Lipinski definition) is 5. The molecule has 3 heterocycles. The monoisotopic (exact) mass is 383 g/mol. The van der Waals surface area contributed by atoms with Gasteiger partial charge in [-0.25, -0.2) is 9.67 Å². The Bertz CT molecular complexity index is 982. The molecule has 1 amide bonds. The van der Waals surface area contributed by atoms with Crippen LogP contribution in [0.2, 0.25) is 0 Å². The highest BCUT2D eigenvalue weighted by molar-refractivity contribution is 7.20. The second-order valence-corrected chi connectivity index (χ2v) is 8.46. The second kappa shape index (κ2) is 6.96. The number of fused-ring (bicyclic) bond motifs is 1. The maximum atomic E-state index is 12.2. The average Bonchev–Trinajstić information content (AvgIpc) is 3.22. The molecular weight excluding hydrogens is 358 g/mol. The zero-order valence-electron chi connectivity index (χ0n) is 16.3. The van der Waals surface area contributed by atoms with E-state index in [1.54, 1.807) is 11.3 Å². The zero-order chi connectivity index (χ0) is 19.1. The lowest BCUT2D eigenvalue weighted by molar-refractivity contribution is -0.134. The van der Waals surface area contributed by atoms with Crippen LogP contribution in [-0.4, -0.2) is 51.8 Å². The second-order valence-electron chi connectivity index (χ2n) is 7.45. The van der Waals surface area contributed by atoms with E-state index < -0.39 is 0 Å². The minimum absolute atomic E-state index is 0.0675. The molecule has 27 heavy (non-hydrogen) atoms. The molecule has 6 nitrogen and oxygen atoms in total. The van der Waals surface area contributed by atoms with Crippen LogP contribution in [0.5, 0.6) is 0 Å². The molecule has 0 atom stereocenters. The third-order valence-corrected chi connectivity index (χ3v) is 6.00. The summed E-state index contributed by atoms with van der Waals surface area (Å²) in [4.78, 5) is 21.3. The Morgan fingerprint density at radius 1 is 1.11 bits per heavy atom. The summed E-state index contributed by atoms with van der Waals surface area (Å²) in [5.74, 6) is 0.319. The highest BCUT2D eigenvalue weighted by Crippen LogP contribution is 2.30. The van der Waals surface area contributed by atoms with Crippen LogP contribution in [0, 0.1) is 19.8 Å². The Hall–Kier alpha value is -2.41. The Morgan fingerprint density at radius 2 is 1.85 bits per heavy atom. The maximum Gasteiger partial charge on any atom is 0.225 e. The number of aromatic nitrogens is 3. The quantitative estimate of drug-likeness (QED) is 0.696. The van der Waals surface area contributed by atoms with Crippen LogP contribution in [0.1, 0.15) is 25.2 Å². The summed E-state index contributed by atoms with van der Waals surface area (Å²) in [6, 6.07) is 8.49. The number of carbonyl (C=O) groups is 1. The van der Waals surface area contributed by atoms with Crippen molar-refractivity contribution < 1.29 is 4.79 Å². The normalized spacial score (nSPS) is 15.1. The van der Waals surface area contributed by atoms with Gasteiger partial charge in [0.05, 0.1) is 15.9 Å². The first-order valence-corrected chi connectivity index (χ1v) is 10.2. The number of nitrogens with zero attached hydrogens (tertiary/aromatic N) is 5. The van der Waals surface area contributed by atoms with Gasteiger partial charge in [0, 0.05) is 43.5 Å². The van der Waals surface area contributed by atoms with Gasteiger partial charge in [-0.05, 0) is 38.1 Å². The van der Waals surface area contributed by atoms with Gasteiger partial charge in [0.1, 0.15) is 0 Å². The van der Waals surface area contributed by atoms with E-state index in [4.69, 9.17) is 4.98 Å². The van der Waals surface area contributed by atoms with Crippen LogP contribution in [0.4, 0.5) is 5.69 Å². The minimum atomic E-state index is 0.0675. The van der Waals surface area contributed by atoms with Crippen molar-refractivity contribution in [2.24, 2.45) is 5.92 Å². The molecule has 1 saturated heterocycles. The van der Waals surface area contributed by atoms with Gasteiger partial charge in [-0.3, -0.25) is 4.79 Å². The molecule has 142 valence electrons. The molecule has 7 heteroatoms. The summed E-state index contributed by atoms with van der Waals surface area (Å²) in [6.45, 7) is 11.3. The molecule has 1 aromatic carbocycles.